The van der Waals surface area contributed by atoms with Gasteiger partial charge in [-0.1, -0.05) is 6.07 Å². The van der Waals surface area contributed by atoms with Crippen LogP contribution in [0.15, 0.2) is 18.2 Å². The average molecular weight is 279 g/mol. The van der Waals surface area contributed by atoms with Crippen LogP contribution >= 0.6 is 0 Å². The van der Waals surface area contributed by atoms with Gasteiger partial charge in [0.15, 0.2) is 11.5 Å². The summed E-state index contributed by atoms with van der Waals surface area (Å²) >= 11 is 0. The Kier molecular flexibility index (Phi) is 4.18. The third kappa shape index (κ3) is 2.88. The number of hydrogen-bond acceptors (Lipinski definition) is 4. The van der Waals surface area contributed by atoms with E-state index in [0.29, 0.717) is 24.5 Å². The van der Waals surface area contributed by atoms with E-state index in [1.807, 2.05) is 25.1 Å². The third-order valence-electron chi connectivity index (χ3n) is 3.92. The summed E-state index contributed by atoms with van der Waals surface area (Å²) in [5.74, 6) is 0.686. The Morgan fingerprint density at radius 3 is 2.60 bits per heavy atom. The van der Waals surface area contributed by atoms with E-state index in [4.69, 9.17) is 9.47 Å². The molecule has 0 saturated carbocycles. The maximum atomic E-state index is 11.2. The number of rotatable bonds is 5. The first-order chi connectivity index (χ1) is 9.48. The van der Waals surface area contributed by atoms with Crippen molar-refractivity contribution in [2.75, 3.05) is 27.3 Å². The van der Waals surface area contributed by atoms with E-state index in [1.54, 1.807) is 14.2 Å². The van der Waals surface area contributed by atoms with Crippen LogP contribution in [-0.4, -0.2) is 43.3 Å². The predicted molar refractivity (Wildman–Crippen MR) is 75.2 cm³/mol. The molecular weight excluding hydrogens is 258 g/mol. The van der Waals surface area contributed by atoms with Crippen LogP contribution in [-0.2, 0) is 11.3 Å². The van der Waals surface area contributed by atoms with Crippen LogP contribution in [0.1, 0.15) is 18.9 Å². The molecule has 1 N–H and O–H groups in total. The maximum absolute atomic E-state index is 11.2. The fraction of sp³-hybridized carbons (Fsp3) is 0.533. The molecule has 110 valence electrons. The van der Waals surface area contributed by atoms with Crippen LogP contribution in [0.3, 0.4) is 0 Å². The fourth-order valence-corrected chi connectivity index (χ4v) is 2.60. The molecule has 1 aromatic carbocycles. The fourth-order valence-electron chi connectivity index (χ4n) is 2.60. The minimum absolute atomic E-state index is 0.580. The number of methoxy groups -OCH3 is 2. The van der Waals surface area contributed by atoms with E-state index in [0.717, 1.165) is 18.7 Å². The molecule has 0 bridgehead atoms. The van der Waals surface area contributed by atoms with E-state index in [2.05, 4.69) is 4.90 Å². The van der Waals surface area contributed by atoms with Crippen LogP contribution in [0.5, 0.6) is 11.5 Å². The minimum Gasteiger partial charge on any atom is -0.493 e. The lowest BCUT2D eigenvalue weighted by Gasteiger charge is -2.20. The van der Waals surface area contributed by atoms with Crippen molar-refractivity contribution in [3.63, 3.8) is 0 Å². The molecule has 20 heavy (non-hydrogen) atoms. The average Bonchev–Trinajstić information content (AvgIpc) is 2.81. The largest absolute Gasteiger partial charge is 0.493 e. The van der Waals surface area contributed by atoms with Crippen molar-refractivity contribution in [1.82, 2.24) is 4.90 Å². The summed E-state index contributed by atoms with van der Waals surface area (Å²) in [4.78, 5) is 13.4. The zero-order chi connectivity index (χ0) is 14.8. The maximum Gasteiger partial charge on any atom is 0.310 e. The number of carbonyl (C=O) groups is 1. The normalized spacial score (nSPS) is 22.8. The number of carboxylic acids is 1. The van der Waals surface area contributed by atoms with Gasteiger partial charge in [-0.15, -0.1) is 0 Å². The molecule has 1 saturated heterocycles. The first kappa shape index (κ1) is 14.7. The summed E-state index contributed by atoms with van der Waals surface area (Å²) in [7, 11) is 3.22. The molecule has 5 heteroatoms. The molecule has 0 spiro atoms. The lowest BCUT2D eigenvalue weighted by Crippen LogP contribution is -2.31. The molecule has 0 amide bonds. The lowest BCUT2D eigenvalue weighted by atomic mass is 9.90. The molecular formula is C15H21NO4. The highest BCUT2D eigenvalue weighted by Gasteiger charge is 2.40. The van der Waals surface area contributed by atoms with Gasteiger partial charge in [-0.3, -0.25) is 9.69 Å². The molecule has 1 aromatic rings. The number of carboxylic acid groups (broad SMARTS) is 1. The van der Waals surface area contributed by atoms with Gasteiger partial charge in [-0.05, 0) is 37.6 Å². The van der Waals surface area contributed by atoms with Gasteiger partial charge in [0.2, 0.25) is 0 Å². The molecule has 2 rings (SSSR count). The van der Waals surface area contributed by atoms with Crippen molar-refractivity contribution in [1.29, 1.82) is 0 Å². The summed E-state index contributed by atoms with van der Waals surface area (Å²) in [5.41, 5.74) is 0.466. The highest BCUT2D eigenvalue weighted by molar-refractivity contribution is 5.74. The van der Waals surface area contributed by atoms with E-state index in [9.17, 15) is 9.90 Å². The van der Waals surface area contributed by atoms with E-state index in [-0.39, 0.29) is 0 Å². The zero-order valence-corrected chi connectivity index (χ0v) is 12.2. The molecule has 1 fully saturated rings. The molecule has 0 radical (unpaired) electrons. The Morgan fingerprint density at radius 2 is 2.05 bits per heavy atom. The van der Waals surface area contributed by atoms with Crippen LogP contribution in [0.2, 0.25) is 0 Å². The number of likely N-dealkylation sites (tertiary alicyclic amines) is 1. The van der Waals surface area contributed by atoms with Crippen molar-refractivity contribution in [3.05, 3.63) is 23.8 Å². The molecule has 1 unspecified atom stereocenters. The summed E-state index contributed by atoms with van der Waals surface area (Å²) in [6.07, 6.45) is 0.690. The highest BCUT2D eigenvalue weighted by atomic mass is 16.5. The van der Waals surface area contributed by atoms with Gasteiger partial charge < -0.3 is 14.6 Å². The van der Waals surface area contributed by atoms with Gasteiger partial charge in [0.25, 0.3) is 0 Å². The Balaban J connectivity index is 2.06. The molecule has 0 aromatic heterocycles. The summed E-state index contributed by atoms with van der Waals surface area (Å²) in [6.45, 7) is 3.92. The van der Waals surface area contributed by atoms with Gasteiger partial charge in [0.05, 0.1) is 19.6 Å². The Bertz CT molecular complexity index is 503. The van der Waals surface area contributed by atoms with Crippen LogP contribution in [0.4, 0.5) is 0 Å². The van der Waals surface area contributed by atoms with Crippen LogP contribution in [0, 0.1) is 5.41 Å². The smallest absolute Gasteiger partial charge is 0.310 e. The lowest BCUT2D eigenvalue weighted by molar-refractivity contribution is -0.147. The van der Waals surface area contributed by atoms with Gasteiger partial charge in [-0.25, -0.2) is 0 Å². The van der Waals surface area contributed by atoms with Gasteiger partial charge in [0.1, 0.15) is 0 Å². The van der Waals surface area contributed by atoms with Crippen LogP contribution < -0.4 is 9.47 Å². The predicted octanol–water partition coefficient (Wildman–Crippen LogP) is 2.00. The zero-order valence-electron chi connectivity index (χ0n) is 12.2. The SMILES string of the molecule is COc1ccc(CN2CCC(C)(C(=O)O)C2)cc1OC. The highest BCUT2D eigenvalue weighted by Crippen LogP contribution is 2.32. The third-order valence-corrected chi connectivity index (χ3v) is 3.92. The number of nitrogens with zero attached hydrogens (tertiary/aromatic N) is 1. The first-order valence-electron chi connectivity index (χ1n) is 6.65. The van der Waals surface area contributed by atoms with Gasteiger partial charge in [-0.2, -0.15) is 0 Å². The number of aliphatic carboxylic acids is 1. The first-order valence-corrected chi connectivity index (χ1v) is 6.65. The summed E-state index contributed by atoms with van der Waals surface area (Å²) in [6, 6.07) is 5.80. The quantitative estimate of drug-likeness (QED) is 0.893. The van der Waals surface area contributed by atoms with E-state index >= 15 is 0 Å². The van der Waals surface area contributed by atoms with Crippen molar-refractivity contribution in [2.24, 2.45) is 5.41 Å². The molecule has 1 heterocycles. The van der Waals surface area contributed by atoms with Crippen molar-refractivity contribution in [3.8, 4) is 11.5 Å². The molecule has 0 aliphatic carbocycles. The second kappa shape index (κ2) is 5.71. The Hall–Kier alpha value is -1.75. The Morgan fingerprint density at radius 1 is 1.35 bits per heavy atom. The molecule has 1 atom stereocenters. The monoisotopic (exact) mass is 279 g/mol. The summed E-state index contributed by atoms with van der Waals surface area (Å²) in [5, 5.41) is 9.24. The topological polar surface area (TPSA) is 59.0 Å². The minimum atomic E-state index is -0.715. The van der Waals surface area contributed by atoms with Crippen molar-refractivity contribution >= 4 is 5.97 Å². The van der Waals surface area contributed by atoms with Crippen molar-refractivity contribution < 1.29 is 19.4 Å². The van der Waals surface area contributed by atoms with Crippen molar-refractivity contribution in [2.45, 2.75) is 19.9 Å². The standard InChI is InChI=1S/C15H21NO4/c1-15(14(17)18)6-7-16(10-15)9-11-4-5-12(19-2)13(8-11)20-3/h4-5,8H,6-7,9-10H2,1-3H3,(H,17,18). The number of benzene rings is 1. The number of ether oxygens (including phenoxy) is 2. The molecule has 5 nitrogen and oxygen atoms in total. The molecule has 1 aliphatic rings. The molecule has 1 aliphatic heterocycles. The second-order valence-electron chi connectivity index (χ2n) is 5.52. The van der Waals surface area contributed by atoms with E-state index in [1.165, 1.54) is 0 Å². The summed E-state index contributed by atoms with van der Waals surface area (Å²) < 4.78 is 10.5. The van der Waals surface area contributed by atoms with E-state index < -0.39 is 11.4 Å². The second-order valence-corrected chi connectivity index (χ2v) is 5.52. The van der Waals surface area contributed by atoms with Gasteiger partial charge >= 0.3 is 5.97 Å². The number of hydrogen-bond donors (Lipinski definition) is 1. The Labute approximate surface area is 119 Å². The van der Waals surface area contributed by atoms with Crippen LogP contribution in [0.25, 0.3) is 0 Å². The van der Waals surface area contributed by atoms with Gasteiger partial charge in [0, 0.05) is 13.1 Å².